The molecular weight excluding hydrogens is 334 g/mol. The molecule has 2 rings (SSSR count). The zero-order valence-corrected chi connectivity index (χ0v) is 16.5. The standard InChI is InChI=1S/C18H31N5O3/c1-13-15(14(2)22(5)20-13)7-9-19-17(25)23-10-6-8-18(26,12-23)11-16(24)21(3)4/h26H,6-12H2,1-5H3,(H,19,25). The number of hydrogen-bond acceptors (Lipinski definition) is 4. The number of amides is 3. The Morgan fingerprint density at radius 3 is 2.62 bits per heavy atom. The number of rotatable bonds is 5. The van der Waals surface area contributed by atoms with Crippen LogP contribution in [0.2, 0.25) is 0 Å². The molecule has 8 heteroatoms. The minimum atomic E-state index is -1.15. The topological polar surface area (TPSA) is 90.7 Å². The fourth-order valence-corrected chi connectivity index (χ4v) is 3.46. The van der Waals surface area contributed by atoms with Gasteiger partial charge in [0.05, 0.1) is 24.3 Å². The Morgan fingerprint density at radius 1 is 1.35 bits per heavy atom. The first-order valence-corrected chi connectivity index (χ1v) is 9.07. The van der Waals surface area contributed by atoms with Crippen LogP contribution in [-0.4, -0.2) is 76.0 Å². The number of piperidine rings is 1. The van der Waals surface area contributed by atoms with Gasteiger partial charge in [0, 0.05) is 39.9 Å². The monoisotopic (exact) mass is 365 g/mol. The number of nitrogens with one attached hydrogen (secondary N) is 1. The van der Waals surface area contributed by atoms with E-state index in [9.17, 15) is 14.7 Å². The molecule has 1 aromatic rings. The summed E-state index contributed by atoms with van der Waals surface area (Å²) in [5.41, 5.74) is 2.09. The van der Waals surface area contributed by atoms with Gasteiger partial charge in [0.2, 0.25) is 5.91 Å². The molecule has 3 amide bonds. The highest BCUT2D eigenvalue weighted by Gasteiger charge is 2.37. The third-order valence-electron chi connectivity index (χ3n) is 5.13. The molecule has 0 spiro atoms. The van der Waals surface area contributed by atoms with Crippen LogP contribution in [0.25, 0.3) is 0 Å². The van der Waals surface area contributed by atoms with Crippen LogP contribution in [0, 0.1) is 13.8 Å². The normalized spacial score (nSPS) is 20.2. The van der Waals surface area contributed by atoms with Gasteiger partial charge in [-0.1, -0.05) is 0 Å². The van der Waals surface area contributed by atoms with E-state index in [4.69, 9.17) is 0 Å². The summed E-state index contributed by atoms with van der Waals surface area (Å²) in [5.74, 6) is -0.128. The summed E-state index contributed by atoms with van der Waals surface area (Å²) in [7, 11) is 5.25. The van der Waals surface area contributed by atoms with E-state index in [1.165, 1.54) is 4.90 Å². The van der Waals surface area contributed by atoms with E-state index in [1.807, 2.05) is 25.6 Å². The molecule has 1 unspecified atom stereocenters. The maximum Gasteiger partial charge on any atom is 0.317 e. The highest BCUT2D eigenvalue weighted by molar-refractivity contribution is 5.77. The molecule has 2 N–H and O–H groups in total. The lowest BCUT2D eigenvalue weighted by Crippen LogP contribution is -2.54. The minimum absolute atomic E-state index is 0.0395. The molecule has 8 nitrogen and oxygen atoms in total. The number of likely N-dealkylation sites (tertiary alicyclic amines) is 1. The number of nitrogens with zero attached hydrogens (tertiary/aromatic N) is 4. The van der Waals surface area contributed by atoms with Crippen molar-refractivity contribution in [1.82, 2.24) is 24.9 Å². The average Bonchev–Trinajstić information content (AvgIpc) is 2.80. The molecule has 0 radical (unpaired) electrons. The van der Waals surface area contributed by atoms with Gasteiger partial charge < -0.3 is 20.2 Å². The van der Waals surface area contributed by atoms with Gasteiger partial charge in [0.25, 0.3) is 0 Å². The molecule has 26 heavy (non-hydrogen) atoms. The van der Waals surface area contributed by atoms with Crippen LogP contribution in [0.1, 0.15) is 36.2 Å². The second-order valence-electron chi connectivity index (χ2n) is 7.47. The Morgan fingerprint density at radius 2 is 2.04 bits per heavy atom. The van der Waals surface area contributed by atoms with Crippen molar-refractivity contribution in [3.63, 3.8) is 0 Å². The molecule has 0 bridgehead atoms. The summed E-state index contributed by atoms with van der Waals surface area (Å²) < 4.78 is 1.85. The summed E-state index contributed by atoms with van der Waals surface area (Å²) >= 11 is 0. The summed E-state index contributed by atoms with van der Waals surface area (Å²) in [6, 6.07) is -0.195. The van der Waals surface area contributed by atoms with Crippen molar-refractivity contribution < 1.29 is 14.7 Å². The Labute approximate surface area is 155 Å². The fourth-order valence-electron chi connectivity index (χ4n) is 3.46. The zero-order valence-electron chi connectivity index (χ0n) is 16.5. The van der Waals surface area contributed by atoms with Gasteiger partial charge in [0.15, 0.2) is 0 Å². The highest BCUT2D eigenvalue weighted by atomic mass is 16.3. The lowest BCUT2D eigenvalue weighted by Gasteiger charge is -2.39. The largest absolute Gasteiger partial charge is 0.387 e. The Hall–Kier alpha value is -2.09. The number of β-amino-alcohol motifs (C(OH)–C–C–N with tert-alkyl or cyclic N) is 1. The number of carbonyl (C=O) groups excluding carboxylic acids is 2. The second kappa shape index (κ2) is 8.07. The van der Waals surface area contributed by atoms with Crippen molar-refractivity contribution in [3.8, 4) is 0 Å². The molecule has 1 aliphatic heterocycles. The van der Waals surface area contributed by atoms with E-state index in [1.54, 1.807) is 19.0 Å². The van der Waals surface area contributed by atoms with E-state index in [-0.39, 0.29) is 24.9 Å². The molecule has 2 heterocycles. The number of carbonyl (C=O) groups is 2. The average molecular weight is 365 g/mol. The predicted octanol–water partition coefficient (Wildman–Crippen LogP) is 0.594. The summed E-state index contributed by atoms with van der Waals surface area (Å²) in [4.78, 5) is 27.5. The van der Waals surface area contributed by atoms with Gasteiger partial charge in [-0.25, -0.2) is 4.79 Å². The van der Waals surface area contributed by atoms with Crippen LogP contribution in [0.15, 0.2) is 0 Å². The van der Waals surface area contributed by atoms with Crippen molar-refractivity contribution in [3.05, 3.63) is 17.0 Å². The van der Waals surface area contributed by atoms with Gasteiger partial charge in [-0.05, 0) is 38.7 Å². The van der Waals surface area contributed by atoms with Crippen molar-refractivity contribution in [2.75, 3.05) is 33.7 Å². The molecule has 1 aliphatic rings. The summed E-state index contributed by atoms with van der Waals surface area (Å²) in [6.45, 7) is 5.27. The highest BCUT2D eigenvalue weighted by Crippen LogP contribution is 2.25. The van der Waals surface area contributed by atoms with Crippen LogP contribution in [-0.2, 0) is 18.3 Å². The summed E-state index contributed by atoms with van der Waals surface area (Å²) in [5, 5.41) is 18.0. The van der Waals surface area contributed by atoms with Crippen LogP contribution < -0.4 is 5.32 Å². The van der Waals surface area contributed by atoms with Crippen molar-refractivity contribution >= 4 is 11.9 Å². The van der Waals surface area contributed by atoms with Crippen molar-refractivity contribution in [2.24, 2.45) is 7.05 Å². The number of aromatic nitrogens is 2. The van der Waals surface area contributed by atoms with Crippen molar-refractivity contribution in [2.45, 2.75) is 45.1 Å². The smallest absolute Gasteiger partial charge is 0.317 e. The number of aryl methyl sites for hydroxylation is 2. The molecular formula is C18H31N5O3. The van der Waals surface area contributed by atoms with Gasteiger partial charge in [-0.2, -0.15) is 5.10 Å². The maximum atomic E-state index is 12.5. The Kier molecular flexibility index (Phi) is 6.28. The third kappa shape index (κ3) is 4.75. The van der Waals surface area contributed by atoms with Gasteiger partial charge in [0.1, 0.15) is 0 Å². The van der Waals surface area contributed by atoms with E-state index >= 15 is 0 Å². The molecule has 0 aliphatic carbocycles. The minimum Gasteiger partial charge on any atom is -0.387 e. The first kappa shape index (κ1) is 20.2. The zero-order chi connectivity index (χ0) is 19.5. The third-order valence-corrected chi connectivity index (χ3v) is 5.13. The Balaban J connectivity index is 1.88. The molecule has 1 saturated heterocycles. The molecule has 0 aromatic carbocycles. The van der Waals surface area contributed by atoms with Crippen LogP contribution in [0.5, 0.6) is 0 Å². The molecule has 1 aromatic heterocycles. The van der Waals surface area contributed by atoms with Gasteiger partial charge in [-0.15, -0.1) is 0 Å². The van der Waals surface area contributed by atoms with E-state index < -0.39 is 5.60 Å². The van der Waals surface area contributed by atoms with Gasteiger partial charge >= 0.3 is 6.03 Å². The van der Waals surface area contributed by atoms with Gasteiger partial charge in [-0.3, -0.25) is 9.48 Å². The predicted molar refractivity (Wildman–Crippen MR) is 98.9 cm³/mol. The maximum absolute atomic E-state index is 12.5. The molecule has 1 atom stereocenters. The van der Waals surface area contributed by atoms with Crippen LogP contribution in [0.4, 0.5) is 4.79 Å². The van der Waals surface area contributed by atoms with Crippen molar-refractivity contribution in [1.29, 1.82) is 0 Å². The molecule has 1 fully saturated rings. The lowest BCUT2D eigenvalue weighted by atomic mass is 9.89. The first-order valence-electron chi connectivity index (χ1n) is 9.07. The molecule has 146 valence electrons. The SMILES string of the molecule is Cc1nn(C)c(C)c1CCNC(=O)N1CCCC(O)(CC(=O)N(C)C)C1. The first-order chi connectivity index (χ1) is 12.1. The number of aliphatic hydroxyl groups is 1. The Bertz CT molecular complexity index is 670. The number of hydrogen-bond donors (Lipinski definition) is 2. The second-order valence-corrected chi connectivity index (χ2v) is 7.47. The lowest BCUT2D eigenvalue weighted by molar-refractivity contribution is -0.135. The van der Waals surface area contributed by atoms with E-state index in [0.717, 1.165) is 17.0 Å². The quantitative estimate of drug-likeness (QED) is 0.799. The molecule has 0 saturated carbocycles. The van der Waals surface area contributed by atoms with E-state index in [2.05, 4.69) is 10.4 Å². The van der Waals surface area contributed by atoms with Crippen LogP contribution >= 0.6 is 0 Å². The van der Waals surface area contributed by atoms with Crippen LogP contribution in [0.3, 0.4) is 0 Å². The number of urea groups is 1. The fraction of sp³-hybridized carbons (Fsp3) is 0.722. The van der Waals surface area contributed by atoms with E-state index in [0.29, 0.717) is 32.4 Å². The summed E-state index contributed by atoms with van der Waals surface area (Å²) in [6.07, 6.45) is 1.97.